The number of carboxylic acids is 1. The van der Waals surface area contributed by atoms with Crippen molar-refractivity contribution in [2.75, 3.05) is 0 Å². The molecule has 0 atom stereocenters. The highest BCUT2D eigenvalue weighted by atomic mass is 35.5. The van der Waals surface area contributed by atoms with Crippen LogP contribution >= 0.6 is 22.9 Å². The van der Waals surface area contributed by atoms with E-state index in [0.29, 0.717) is 21.6 Å². The van der Waals surface area contributed by atoms with Gasteiger partial charge in [0.15, 0.2) is 0 Å². The monoisotopic (exact) mass is 348 g/mol. The number of thiazole rings is 1. The number of hydrogen-bond donors (Lipinski definition) is 1. The summed E-state index contributed by atoms with van der Waals surface area (Å²) in [7, 11) is 0. The number of aryl methyl sites for hydroxylation is 1. The Balaban J connectivity index is 2.08. The molecule has 0 radical (unpaired) electrons. The van der Waals surface area contributed by atoms with E-state index in [1.165, 1.54) is 11.3 Å². The van der Waals surface area contributed by atoms with Gasteiger partial charge in [0.25, 0.3) is 0 Å². The fourth-order valence-corrected chi connectivity index (χ4v) is 3.82. The van der Waals surface area contributed by atoms with Crippen molar-refractivity contribution in [2.24, 2.45) is 5.92 Å². The zero-order valence-corrected chi connectivity index (χ0v) is 14.7. The Labute approximate surface area is 143 Å². The van der Waals surface area contributed by atoms with Crippen LogP contribution in [0.25, 0.3) is 21.5 Å². The molecule has 0 amide bonds. The first-order chi connectivity index (χ1) is 10.9. The number of carbonyl (C=O) groups is 1. The van der Waals surface area contributed by atoms with E-state index < -0.39 is 5.97 Å². The van der Waals surface area contributed by atoms with Crippen LogP contribution in [0.3, 0.4) is 0 Å². The van der Waals surface area contributed by atoms with Crippen molar-refractivity contribution in [3.63, 3.8) is 0 Å². The topological polar surface area (TPSA) is 55.1 Å². The van der Waals surface area contributed by atoms with Crippen LogP contribution in [0, 0.1) is 12.8 Å². The predicted molar refractivity (Wildman–Crippen MR) is 94.6 cm³/mol. The number of rotatable bonds is 4. The van der Waals surface area contributed by atoms with Crippen LogP contribution in [0.2, 0.25) is 5.02 Å². The summed E-state index contributed by atoms with van der Waals surface area (Å²) in [5, 5.41) is 11.5. The van der Waals surface area contributed by atoms with Gasteiger partial charge in [0.2, 0.25) is 0 Å². The number of halogens is 1. The molecule has 0 spiro atoms. The van der Waals surface area contributed by atoms with E-state index >= 15 is 0 Å². The Bertz CT molecular complexity index is 896. The maximum Gasteiger partial charge on any atom is 0.347 e. The van der Waals surface area contributed by atoms with E-state index in [9.17, 15) is 9.90 Å². The van der Waals surface area contributed by atoms with Crippen molar-refractivity contribution in [3.05, 3.63) is 40.0 Å². The lowest BCUT2D eigenvalue weighted by molar-refractivity contribution is 0.0701. The van der Waals surface area contributed by atoms with E-state index in [0.717, 1.165) is 23.0 Å². The number of hydrogen-bond acceptors (Lipinski definition) is 3. The maximum absolute atomic E-state index is 11.2. The van der Waals surface area contributed by atoms with Crippen LogP contribution in [-0.4, -0.2) is 20.6 Å². The molecule has 120 valence electrons. The van der Waals surface area contributed by atoms with Gasteiger partial charge in [0.1, 0.15) is 9.88 Å². The number of fused-ring (bicyclic) bond motifs is 1. The molecule has 0 unspecified atom stereocenters. The van der Waals surface area contributed by atoms with Gasteiger partial charge in [-0.2, -0.15) is 0 Å². The Morgan fingerprint density at radius 2 is 2.17 bits per heavy atom. The van der Waals surface area contributed by atoms with Crippen LogP contribution in [0.1, 0.15) is 29.2 Å². The van der Waals surface area contributed by atoms with Gasteiger partial charge < -0.3 is 9.67 Å². The van der Waals surface area contributed by atoms with Crippen molar-refractivity contribution in [1.29, 1.82) is 0 Å². The van der Waals surface area contributed by atoms with E-state index in [1.54, 1.807) is 6.92 Å². The summed E-state index contributed by atoms with van der Waals surface area (Å²) in [6.45, 7) is 6.95. The molecule has 23 heavy (non-hydrogen) atoms. The third-order valence-electron chi connectivity index (χ3n) is 3.63. The number of nitrogens with zero attached hydrogens (tertiary/aromatic N) is 2. The van der Waals surface area contributed by atoms with Crippen LogP contribution in [0.5, 0.6) is 0 Å². The number of aromatic nitrogens is 2. The average Bonchev–Trinajstić information content (AvgIpc) is 3.00. The predicted octanol–water partition coefficient (Wildman–Crippen LogP) is 5.08. The standard InChI is InChI=1S/C17H17ClN2O2S/c1-9(2)7-20-8-13(18)12-6-11(4-5-14(12)20)16-19-10(3)15(23-16)17(21)22/h4-6,8-9H,7H2,1-3H3,(H,21,22). The van der Waals surface area contributed by atoms with Gasteiger partial charge in [0.05, 0.1) is 10.7 Å². The van der Waals surface area contributed by atoms with E-state index in [1.807, 2.05) is 24.4 Å². The average molecular weight is 349 g/mol. The minimum Gasteiger partial charge on any atom is -0.477 e. The van der Waals surface area contributed by atoms with E-state index in [4.69, 9.17) is 11.6 Å². The van der Waals surface area contributed by atoms with Gasteiger partial charge in [-0.05, 0) is 31.0 Å². The third kappa shape index (κ3) is 2.99. The highest BCUT2D eigenvalue weighted by Crippen LogP contribution is 2.33. The first kappa shape index (κ1) is 16.0. The van der Waals surface area contributed by atoms with Crippen LogP contribution < -0.4 is 0 Å². The van der Waals surface area contributed by atoms with E-state index in [-0.39, 0.29) is 4.88 Å². The molecule has 0 saturated carbocycles. The Hall–Kier alpha value is -1.85. The summed E-state index contributed by atoms with van der Waals surface area (Å²) < 4.78 is 2.15. The molecule has 1 aromatic carbocycles. The lowest BCUT2D eigenvalue weighted by Crippen LogP contribution is -2.02. The highest BCUT2D eigenvalue weighted by molar-refractivity contribution is 7.17. The molecule has 3 rings (SSSR count). The molecule has 6 heteroatoms. The van der Waals surface area contributed by atoms with Gasteiger partial charge in [-0.1, -0.05) is 25.4 Å². The molecule has 0 bridgehead atoms. The van der Waals surface area contributed by atoms with Crippen LogP contribution in [0.4, 0.5) is 0 Å². The SMILES string of the molecule is Cc1nc(-c2ccc3c(c2)c(Cl)cn3CC(C)C)sc1C(=O)O. The lowest BCUT2D eigenvalue weighted by Gasteiger charge is -2.08. The maximum atomic E-state index is 11.2. The summed E-state index contributed by atoms with van der Waals surface area (Å²) >= 11 is 7.57. The first-order valence-corrected chi connectivity index (χ1v) is 8.55. The minimum absolute atomic E-state index is 0.281. The van der Waals surface area contributed by atoms with Crippen molar-refractivity contribution < 1.29 is 9.90 Å². The molecule has 0 fully saturated rings. The highest BCUT2D eigenvalue weighted by Gasteiger charge is 2.16. The zero-order chi connectivity index (χ0) is 16.7. The van der Waals surface area contributed by atoms with Crippen molar-refractivity contribution in [2.45, 2.75) is 27.3 Å². The van der Waals surface area contributed by atoms with Gasteiger partial charge in [-0.25, -0.2) is 9.78 Å². The molecule has 2 heterocycles. The van der Waals surface area contributed by atoms with Gasteiger partial charge in [-0.3, -0.25) is 0 Å². The second-order valence-corrected chi connectivity index (χ2v) is 7.40. The summed E-state index contributed by atoms with van der Waals surface area (Å²) in [6, 6.07) is 5.98. The fourth-order valence-electron chi connectivity index (χ4n) is 2.65. The number of carboxylic acid groups (broad SMARTS) is 1. The van der Waals surface area contributed by atoms with Gasteiger partial charge in [0, 0.05) is 29.2 Å². The smallest absolute Gasteiger partial charge is 0.347 e. The molecular formula is C17H17ClN2O2S. The molecule has 0 aliphatic heterocycles. The van der Waals surface area contributed by atoms with Crippen molar-refractivity contribution >= 4 is 39.8 Å². The Morgan fingerprint density at radius 1 is 1.43 bits per heavy atom. The molecule has 3 aromatic rings. The summed E-state index contributed by atoms with van der Waals surface area (Å²) in [6.07, 6.45) is 1.95. The second kappa shape index (κ2) is 5.98. The van der Waals surface area contributed by atoms with Gasteiger partial charge >= 0.3 is 5.97 Å². The number of benzene rings is 1. The number of aromatic carboxylic acids is 1. The molecule has 4 nitrogen and oxygen atoms in total. The summed E-state index contributed by atoms with van der Waals surface area (Å²) in [4.78, 5) is 15.8. The summed E-state index contributed by atoms with van der Waals surface area (Å²) in [5.74, 6) is -0.408. The molecule has 2 aromatic heterocycles. The molecule has 1 N–H and O–H groups in total. The largest absolute Gasteiger partial charge is 0.477 e. The quantitative estimate of drug-likeness (QED) is 0.715. The van der Waals surface area contributed by atoms with Crippen molar-refractivity contribution in [3.8, 4) is 10.6 Å². The fraction of sp³-hybridized carbons (Fsp3) is 0.294. The zero-order valence-electron chi connectivity index (χ0n) is 13.1. The normalized spacial score (nSPS) is 11.5. The Morgan fingerprint density at radius 3 is 2.78 bits per heavy atom. The van der Waals surface area contributed by atoms with Crippen LogP contribution in [-0.2, 0) is 6.54 Å². The van der Waals surface area contributed by atoms with Gasteiger partial charge in [-0.15, -0.1) is 11.3 Å². The molecule has 0 aliphatic rings. The summed E-state index contributed by atoms with van der Waals surface area (Å²) in [5.41, 5.74) is 2.52. The molecular weight excluding hydrogens is 332 g/mol. The lowest BCUT2D eigenvalue weighted by atomic mass is 10.1. The third-order valence-corrected chi connectivity index (χ3v) is 5.13. The van der Waals surface area contributed by atoms with Crippen LogP contribution in [0.15, 0.2) is 24.4 Å². The van der Waals surface area contributed by atoms with E-state index in [2.05, 4.69) is 23.4 Å². The molecule has 0 saturated heterocycles. The second-order valence-electron chi connectivity index (χ2n) is 5.99. The first-order valence-electron chi connectivity index (χ1n) is 7.36. The minimum atomic E-state index is -0.937. The molecule has 0 aliphatic carbocycles. The van der Waals surface area contributed by atoms with Crippen molar-refractivity contribution in [1.82, 2.24) is 9.55 Å². The Kier molecular flexibility index (Phi) is 4.17.